The van der Waals surface area contributed by atoms with Crippen molar-refractivity contribution in [3.63, 3.8) is 0 Å². The molecule has 7 nitrogen and oxygen atoms in total. The molecule has 1 aliphatic rings. The average Bonchev–Trinajstić information content (AvgIpc) is 3.16. The number of hydrogen-bond donors (Lipinski definition) is 0. The van der Waals surface area contributed by atoms with Crippen molar-refractivity contribution in [2.24, 2.45) is 0 Å². The lowest BCUT2D eigenvalue weighted by Gasteiger charge is -2.28. The van der Waals surface area contributed by atoms with E-state index in [1.807, 2.05) is 44.2 Å². The van der Waals surface area contributed by atoms with Crippen LogP contribution in [-0.4, -0.2) is 55.6 Å². The Balaban J connectivity index is 1.89. The van der Waals surface area contributed by atoms with E-state index in [9.17, 15) is 9.59 Å². The largest absolute Gasteiger partial charge is 0.493 e. The van der Waals surface area contributed by atoms with E-state index in [2.05, 4.69) is 18.7 Å². The van der Waals surface area contributed by atoms with Gasteiger partial charge in [-0.2, -0.15) is 0 Å². The molecule has 186 valence electrons. The summed E-state index contributed by atoms with van der Waals surface area (Å²) in [6.45, 7) is 11.6. The molecule has 4 rings (SSSR count). The Bertz CT molecular complexity index is 1280. The number of aryl methyl sites for hydroxylation is 1. The number of amides is 1. The fourth-order valence-corrected chi connectivity index (χ4v) is 4.78. The van der Waals surface area contributed by atoms with Crippen molar-refractivity contribution in [3.05, 3.63) is 69.1 Å². The maximum absolute atomic E-state index is 13.8. The van der Waals surface area contributed by atoms with Crippen molar-refractivity contribution in [2.75, 3.05) is 39.9 Å². The van der Waals surface area contributed by atoms with Crippen LogP contribution < -0.4 is 14.9 Å². The molecule has 0 spiro atoms. The number of hydrogen-bond acceptors (Lipinski definition) is 6. The van der Waals surface area contributed by atoms with Crippen LogP contribution in [0.4, 0.5) is 0 Å². The number of benzene rings is 2. The van der Waals surface area contributed by atoms with E-state index >= 15 is 0 Å². The molecule has 0 saturated heterocycles. The highest BCUT2D eigenvalue weighted by Gasteiger charge is 2.43. The minimum Gasteiger partial charge on any atom is -0.493 e. The first-order chi connectivity index (χ1) is 17.0. The van der Waals surface area contributed by atoms with Gasteiger partial charge < -0.3 is 23.7 Å². The molecule has 3 aromatic rings. The Kier molecular flexibility index (Phi) is 7.45. The van der Waals surface area contributed by atoms with E-state index in [4.69, 9.17) is 13.9 Å². The predicted octanol–water partition coefficient (Wildman–Crippen LogP) is 4.65. The second-order valence-electron chi connectivity index (χ2n) is 8.63. The number of fused-ring (bicyclic) bond motifs is 2. The highest BCUT2D eigenvalue weighted by Crippen LogP contribution is 2.41. The van der Waals surface area contributed by atoms with Gasteiger partial charge in [-0.15, -0.1) is 0 Å². The van der Waals surface area contributed by atoms with E-state index in [1.54, 1.807) is 18.1 Å². The smallest absolute Gasteiger partial charge is 0.290 e. The summed E-state index contributed by atoms with van der Waals surface area (Å²) >= 11 is 0. The van der Waals surface area contributed by atoms with Crippen LogP contribution in [0.1, 0.15) is 61.0 Å². The molecule has 2 heterocycles. The first kappa shape index (κ1) is 24.8. The lowest BCUT2D eigenvalue weighted by molar-refractivity contribution is 0.0708. The average molecular weight is 479 g/mol. The van der Waals surface area contributed by atoms with Gasteiger partial charge in [0.2, 0.25) is 5.76 Å². The summed E-state index contributed by atoms with van der Waals surface area (Å²) < 4.78 is 17.4. The summed E-state index contributed by atoms with van der Waals surface area (Å²) in [4.78, 5) is 31.5. The van der Waals surface area contributed by atoms with Crippen molar-refractivity contribution in [2.45, 2.75) is 40.2 Å². The molecule has 1 unspecified atom stereocenters. The van der Waals surface area contributed by atoms with Crippen molar-refractivity contribution in [3.8, 4) is 11.5 Å². The molecule has 7 heteroatoms. The van der Waals surface area contributed by atoms with E-state index < -0.39 is 6.04 Å². The zero-order chi connectivity index (χ0) is 25.1. The fourth-order valence-electron chi connectivity index (χ4n) is 4.78. The monoisotopic (exact) mass is 478 g/mol. The molecule has 0 saturated carbocycles. The normalized spacial score (nSPS) is 15.2. The van der Waals surface area contributed by atoms with Crippen LogP contribution in [0.25, 0.3) is 11.0 Å². The summed E-state index contributed by atoms with van der Waals surface area (Å²) in [5, 5.41) is 0.504. The van der Waals surface area contributed by atoms with Crippen LogP contribution in [0, 0.1) is 0 Å². The molecule has 1 atom stereocenters. The Labute approximate surface area is 206 Å². The van der Waals surface area contributed by atoms with E-state index in [1.165, 1.54) is 0 Å². The maximum Gasteiger partial charge on any atom is 0.290 e. The summed E-state index contributed by atoms with van der Waals surface area (Å²) in [7, 11) is 1.58. The van der Waals surface area contributed by atoms with Crippen molar-refractivity contribution in [1.29, 1.82) is 0 Å². The van der Waals surface area contributed by atoms with Crippen molar-refractivity contribution >= 4 is 16.9 Å². The number of rotatable bonds is 10. The minimum absolute atomic E-state index is 0.129. The molecule has 35 heavy (non-hydrogen) atoms. The zero-order valence-corrected chi connectivity index (χ0v) is 21.2. The summed E-state index contributed by atoms with van der Waals surface area (Å²) in [6.07, 6.45) is 0.806. The molecular formula is C28H34N2O5. The van der Waals surface area contributed by atoms with Gasteiger partial charge >= 0.3 is 0 Å². The van der Waals surface area contributed by atoms with Crippen LogP contribution in [0.5, 0.6) is 11.5 Å². The topological polar surface area (TPSA) is 72.2 Å². The van der Waals surface area contributed by atoms with Crippen LogP contribution in [0.2, 0.25) is 0 Å². The number of methoxy groups -OCH3 is 1. The third-order valence-corrected chi connectivity index (χ3v) is 6.79. The third-order valence-electron chi connectivity index (χ3n) is 6.79. The maximum atomic E-state index is 13.8. The number of likely N-dealkylation sites (N-methyl/N-ethyl adjacent to an activating group) is 1. The molecular weight excluding hydrogens is 444 g/mol. The SMILES string of the molecule is CCOc1ccc(C2c3c(oc4ccc(CC)cc4c3=O)C(=O)N2CCN(CC)CC)cc1OC. The van der Waals surface area contributed by atoms with Gasteiger partial charge in [0.25, 0.3) is 5.91 Å². The predicted molar refractivity (Wildman–Crippen MR) is 137 cm³/mol. The van der Waals surface area contributed by atoms with Crippen LogP contribution in [0.15, 0.2) is 45.6 Å². The summed E-state index contributed by atoms with van der Waals surface area (Å²) in [5.41, 5.74) is 2.50. The number of carbonyl (C=O) groups excluding carboxylic acids is 1. The Morgan fingerprint density at radius 1 is 1.00 bits per heavy atom. The van der Waals surface area contributed by atoms with Crippen LogP contribution in [0.3, 0.4) is 0 Å². The van der Waals surface area contributed by atoms with Gasteiger partial charge in [0, 0.05) is 13.1 Å². The minimum atomic E-state index is -0.566. The van der Waals surface area contributed by atoms with E-state index in [-0.39, 0.29) is 17.1 Å². The molecule has 2 aromatic carbocycles. The summed E-state index contributed by atoms with van der Waals surface area (Å²) in [5.74, 6) is 1.05. The molecule has 0 N–H and O–H groups in total. The molecule has 0 radical (unpaired) electrons. The summed E-state index contributed by atoms with van der Waals surface area (Å²) in [6, 6.07) is 10.6. The van der Waals surface area contributed by atoms with Gasteiger partial charge in [-0.3, -0.25) is 9.59 Å². The van der Waals surface area contributed by atoms with Crippen molar-refractivity contribution in [1.82, 2.24) is 9.80 Å². The molecule has 0 bridgehead atoms. The zero-order valence-electron chi connectivity index (χ0n) is 21.2. The lowest BCUT2D eigenvalue weighted by atomic mass is 9.97. The highest BCUT2D eigenvalue weighted by atomic mass is 16.5. The van der Waals surface area contributed by atoms with Gasteiger partial charge in [-0.05, 0) is 61.8 Å². The van der Waals surface area contributed by atoms with E-state index in [0.717, 1.165) is 30.6 Å². The van der Waals surface area contributed by atoms with Gasteiger partial charge in [-0.25, -0.2) is 0 Å². The Morgan fingerprint density at radius 3 is 2.43 bits per heavy atom. The van der Waals surface area contributed by atoms with E-state index in [0.29, 0.717) is 47.7 Å². The van der Waals surface area contributed by atoms with Gasteiger partial charge in [0.1, 0.15) is 5.58 Å². The fraction of sp³-hybridized carbons (Fsp3) is 0.429. The Hall–Kier alpha value is -3.32. The standard InChI is InChI=1S/C28H34N2O5/c1-6-18-10-12-21-20(16-18)26(31)24-25(19-11-13-22(34-9-4)23(17-19)33-5)30(28(32)27(24)35-21)15-14-29(7-2)8-3/h10-13,16-17,25H,6-9,14-15H2,1-5H3. The van der Waals surface area contributed by atoms with Crippen LogP contribution >= 0.6 is 0 Å². The molecule has 1 aliphatic heterocycles. The Morgan fingerprint density at radius 2 is 1.77 bits per heavy atom. The quantitative estimate of drug-likeness (QED) is 0.422. The number of nitrogens with zero attached hydrogens (tertiary/aromatic N) is 2. The number of carbonyl (C=O) groups is 1. The van der Waals surface area contributed by atoms with Gasteiger partial charge in [-0.1, -0.05) is 32.9 Å². The second-order valence-corrected chi connectivity index (χ2v) is 8.63. The third kappa shape index (κ3) is 4.52. The first-order valence-corrected chi connectivity index (χ1v) is 12.4. The van der Waals surface area contributed by atoms with Gasteiger partial charge in [0.15, 0.2) is 16.9 Å². The van der Waals surface area contributed by atoms with Gasteiger partial charge in [0.05, 0.1) is 30.7 Å². The second kappa shape index (κ2) is 10.5. The molecule has 1 amide bonds. The lowest BCUT2D eigenvalue weighted by Crippen LogP contribution is -2.37. The molecule has 0 aliphatic carbocycles. The first-order valence-electron chi connectivity index (χ1n) is 12.4. The number of ether oxygens (including phenoxy) is 2. The molecule has 0 fully saturated rings. The highest BCUT2D eigenvalue weighted by molar-refractivity contribution is 5.99. The van der Waals surface area contributed by atoms with Crippen LogP contribution in [-0.2, 0) is 6.42 Å². The van der Waals surface area contributed by atoms with Crippen molar-refractivity contribution < 1.29 is 18.7 Å². The molecule has 1 aromatic heterocycles.